The van der Waals surface area contributed by atoms with Gasteiger partial charge in [0, 0.05) is 6.07 Å². The van der Waals surface area contributed by atoms with Gasteiger partial charge in [0.25, 0.3) is 5.56 Å². The number of carbonyl (C=O) groups is 2. The maximum Gasteiger partial charge on any atom is 0.313 e. The monoisotopic (exact) mass is 371 g/mol. The van der Waals surface area contributed by atoms with Crippen molar-refractivity contribution in [2.45, 2.75) is 19.9 Å². The van der Waals surface area contributed by atoms with Crippen molar-refractivity contribution < 1.29 is 19.1 Å². The van der Waals surface area contributed by atoms with Crippen LogP contribution in [0.1, 0.15) is 13.3 Å². The average molecular weight is 371 g/mol. The quantitative estimate of drug-likeness (QED) is 0.435. The number of ether oxygens (including phenoxy) is 2. The van der Waals surface area contributed by atoms with Gasteiger partial charge in [0.05, 0.1) is 25.9 Å². The minimum absolute atomic E-state index is 0.0178. The van der Waals surface area contributed by atoms with Gasteiger partial charge in [0.15, 0.2) is 16.9 Å². The van der Waals surface area contributed by atoms with Gasteiger partial charge in [-0.05, 0) is 19.1 Å². The first-order chi connectivity index (χ1) is 13.0. The summed E-state index contributed by atoms with van der Waals surface area (Å²) in [7, 11) is 1.54. The third-order valence-electron chi connectivity index (χ3n) is 3.72. The lowest BCUT2D eigenvalue weighted by Crippen LogP contribution is -2.26. The molecule has 0 aliphatic heterocycles. The van der Waals surface area contributed by atoms with E-state index < -0.39 is 23.7 Å². The van der Waals surface area contributed by atoms with Gasteiger partial charge in [-0.3, -0.25) is 19.0 Å². The Labute approximate surface area is 153 Å². The van der Waals surface area contributed by atoms with Crippen LogP contribution in [0.2, 0.25) is 0 Å². The summed E-state index contributed by atoms with van der Waals surface area (Å²) in [5.41, 5.74) is 0.373. The van der Waals surface area contributed by atoms with Gasteiger partial charge < -0.3 is 9.47 Å². The van der Waals surface area contributed by atoms with Gasteiger partial charge >= 0.3 is 5.97 Å². The van der Waals surface area contributed by atoms with E-state index in [1.807, 2.05) is 0 Å². The molecule has 0 saturated heterocycles. The van der Waals surface area contributed by atoms with E-state index in [0.717, 1.165) is 4.57 Å². The molecular weight excluding hydrogens is 354 g/mol. The molecule has 0 aliphatic rings. The maximum absolute atomic E-state index is 12.6. The standard InChI is InChI=1S/C17H17N5O5/c1-3-27-14(24)8-12(23)9-21-10-18-16-15(17(21)25)19-20-22(16)11-5-4-6-13(7-11)26-2/h4-7,10H,3,8-9H2,1-2H3. The minimum Gasteiger partial charge on any atom is -0.497 e. The van der Waals surface area contributed by atoms with Crippen LogP contribution >= 0.6 is 0 Å². The summed E-state index contributed by atoms with van der Waals surface area (Å²) in [4.78, 5) is 40.1. The zero-order valence-electron chi connectivity index (χ0n) is 14.8. The number of benzene rings is 1. The van der Waals surface area contributed by atoms with E-state index in [1.54, 1.807) is 38.3 Å². The fraction of sp³-hybridized carbons (Fsp3) is 0.294. The van der Waals surface area contributed by atoms with E-state index in [0.29, 0.717) is 11.4 Å². The van der Waals surface area contributed by atoms with Crippen molar-refractivity contribution in [1.82, 2.24) is 24.5 Å². The number of nitrogens with zero attached hydrogens (tertiary/aromatic N) is 5. The largest absolute Gasteiger partial charge is 0.497 e. The van der Waals surface area contributed by atoms with E-state index in [2.05, 4.69) is 15.3 Å². The molecule has 0 radical (unpaired) electrons. The molecule has 0 atom stereocenters. The van der Waals surface area contributed by atoms with Gasteiger partial charge in [-0.1, -0.05) is 11.3 Å². The number of fused-ring (bicyclic) bond motifs is 1. The third-order valence-corrected chi connectivity index (χ3v) is 3.72. The topological polar surface area (TPSA) is 118 Å². The van der Waals surface area contributed by atoms with Gasteiger partial charge in [-0.2, -0.15) is 4.68 Å². The Morgan fingerprint density at radius 2 is 2.07 bits per heavy atom. The molecule has 0 fully saturated rings. The van der Waals surface area contributed by atoms with Gasteiger partial charge in [0.2, 0.25) is 0 Å². The van der Waals surface area contributed by atoms with E-state index in [9.17, 15) is 14.4 Å². The predicted molar refractivity (Wildman–Crippen MR) is 93.7 cm³/mol. The number of rotatable bonds is 7. The molecule has 1 aromatic carbocycles. The van der Waals surface area contributed by atoms with Crippen molar-refractivity contribution in [3.05, 3.63) is 40.9 Å². The number of carbonyl (C=O) groups excluding carboxylic acids is 2. The number of ketones is 1. The average Bonchev–Trinajstić information content (AvgIpc) is 3.09. The molecule has 140 valence electrons. The Bertz CT molecular complexity index is 1060. The zero-order chi connectivity index (χ0) is 19.4. The van der Waals surface area contributed by atoms with Crippen LogP contribution in [0.25, 0.3) is 16.9 Å². The molecule has 10 heteroatoms. The van der Waals surface area contributed by atoms with Crippen molar-refractivity contribution in [3.8, 4) is 11.4 Å². The summed E-state index contributed by atoms with van der Waals surface area (Å²) in [5.74, 6) is -0.473. The van der Waals surface area contributed by atoms with Gasteiger partial charge in [-0.15, -0.1) is 5.10 Å². The summed E-state index contributed by atoms with van der Waals surface area (Å²) >= 11 is 0. The zero-order valence-corrected chi connectivity index (χ0v) is 14.8. The second-order valence-electron chi connectivity index (χ2n) is 5.57. The lowest BCUT2D eigenvalue weighted by atomic mass is 10.3. The Hall–Kier alpha value is -3.56. The van der Waals surface area contributed by atoms with E-state index in [-0.39, 0.29) is 24.3 Å². The summed E-state index contributed by atoms with van der Waals surface area (Å²) in [6.07, 6.45) is 0.822. The molecule has 0 unspecified atom stereocenters. The molecule has 10 nitrogen and oxygen atoms in total. The second kappa shape index (κ2) is 7.77. The molecule has 0 spiro atoms. The minimum atomic E-state index is -0.631. The van der Waals surface area contributed by atoms with Crippen LogP contribution in [0.15, 0.2) is 35.4 Å². The van der Waals surface area contributed by atoms with Crippen molar-refractivity contribution >= 4 is 22.9 Å². The van der Waals surface area contributed by atoms with Crippen LogP contribution in [0.4, 0.5) is 0 Å². The second-order valence-corrected chi connectivity index (χ2v) is 5.57. The lowest BCUT2D eigenvalue weighted by molar-refractivity contribution is -0.145. The fourth-order valence-electron chi connectivity index (χ4n) is 2.49. The summed E-state index contributed by atoms with van der Waals surface area (Å²) in [6.45, 7) is 1.54. The molecular formula is C17H17N5O5. The highest BCUT2D eigenvalue weighted by molar-refractivity contribution is 5.95. The van der Waals surface area contributed by atoms with Crippen molar-refractivity contribution in [3.63, 3.8) is 0 Å². The summed E-state index contributed by atoms with van der Waals surface area (Å²) in [6, 6.07) is 7.05. The van der Waals surface area contributed by atoms with Crippen LogP contribution in [0.3, 0.4) is 0 Å². The normalized spacial score (nSPS) is 10.7. The van der Waals surface area contributed by atoms with Crippen molar-refractivity contribution in [1.29, 1.82) is 0 Å². The molecule has 3 aromatic rings. The van der Waals surface area contributed by atoms with Crippen LogP contribution in [0, 0.1) is 0 Å². The molecule has 0 saturated carbocycles. The molecule has 3 rings (SSSR count). The van der Waals surface area contributed by atoms with Crippen LogP contribution in [-0.4, -0.2) is 50.0 Å². The summed E-state index contributed by atoms with van der Waals surface area (Å²) < 4.78 is 12.4. The molecule has 0 aliphatic carbocycles. The van der Waals surface area contributed by atoms with Crippen LogP contribution < -0.4 is 10.3 Å². The highest BCUT2D eigenvalue weighted by Gasteiger charge is 2.16. The molecule has 2 aromatic heterocycles. The number of hydrogen-bond acceptors (Lipinski definition) is 8. The molecule has 0 N–H and O–H groups in total. The number of aromatic nitrogens is 5. The van der Waals surface area contributed by atoms with Crippen molar-refractivity contribution in [2.24, 2.45) is 0 Å². The predicted octanol–water partition coefficient (Wildman–Crippen LogP) is 0.508. The smallest absolute Gasteiger partial charge is 0.313 e. The Balaban J connectivity index is 1.89. The van der Waals surface area contributed by atoms with Crippen LogP contribution in [-0.2, 0) is 20.9 Å². The first kappa shape index (κ1) is 18.2. The Morgan fingerprint density at radius 1 is 1.26 bits per heavy atom. The highest BCUT2D eigenvalue weighted by Crippen LogP contribution is 2.17. The van der Waals surface area contributed by atoms with Gasteiger partial charge in [0.1, 0.15) is 18.5 Å². The number of methoxy groups -OCH3 is 1. The van der Waals surface area contributed by atoms with Crippen LogP contribution in [0.5, 0.6) is 5.75 Å². The third kappa shape index (κ3) is 3.84. The highest BCUT2D eigenvalue weighted by atomic mass is 16.5. The van der Waals surface area contributed by atoms with E-state index in [4.69, 9.17) is 9.47 Å². The Morgan fingerprint density at radius 3 is 2.81 bits per heavy atom. The maximum atomic E-state index is 12.6. The van der Waals surface area contributed by atoms with E-state index >= 15 is 0 Å². The Kier molecular flexibility index (Phi) is 5.25. The van der Waals surface area contributed by atoms with Crippen molar-refractivity contribution in [2.75, 3.05) is 13.7 Å². The number of hydrogen-bond donors (Lipinski definition) is 0. The number of esters is 1. The molecule has 0 amide bonds. The fourth-order valence-corrected chi connectivity index (χ4v) is 2.49. The van der Waals surface area contributed by atoms with Gasteiger partial charge in [-0.25, -0.2) is 4.98 Å². The van der Waals surface area contributed by atoms with E-state index in [1.165, 1.54) is 11.0 Å². The number of Topliss-reactive ketones (excluding diaryl/α,β-unsaturated/α-hetero) is 1. The SMILES string of the molecule is CCOC(=O)CC(=O)Cn1cnc2c(nnn2-c2cccc(OC)c2)c1=O. The lowest BCUT2D eigenvalue weighted by Gasteiger charge is -2.06. The molecule has 0 bridgehead atoms. The first-order valence-corrected chi connectivity index (χ1v) is 8.16. The molecule has 2 heterocycles. The molecule has 27 heavy (non-hydrogen) atoms. The summed E-state index contributed by atoms with van der Waals surface area (Å²) in [5, 5.41) is 7.85. The first-order valence-electron chi connectivity index (χ1n) is 8.16.